The van der Waals surface area contributed by atoms with Crippen LogP contribution in [0.5, 0.6) is 0 Å². The summed E-state index contributed by atoms with van der Waals surface area (Å²) in [6.45, 7) is 12.3. The third-order valence-corrected chi connectivity index (χ3v) is 6.93. The number of allylic oxidation sites excluding steroid dienone is 5. The normalized spacial score (nSPS) is 30.8. The third kappa shape index (κ3) is 14.3. The minimum atomic E-state index is -0.941. The van der Waals surface area contributed by atoms with Gasteiger partial charge in [-0.15, -0.1) is 0 Å². The van der Waals surface area contributed by atoms with Gasteiger partial charge >= 0.3 is 24.0 Å². The van der Waals surface area contributed by atoms with E-state index in [1.807, 2.05) is 45.1 Å². The first-order valence-corrected chi connectivity index (χ1v) is 14.3. The summed E-state index contributed by atoms with van der Waals surface area (Å²) < 4.78 is 22.4. The Hall–Kier alpha value is -3.10. The van der Waals surface area contributed by atoms with Crippen molar-refractivity contribution in [3.8, 4) is 0 Å². The molecule has 0 spiro atoms. The van der Waals surface area contributed by atoms with Gasteiger partial charge in [0.1, 0.15) is 24.4 Å². The quantitative estimate of drug-likeness (QED) is 0.188. The third-order valence-electron chi connectivity index (χ3n) is 6.93. The smallest absolute Gasteiger partial charge is 0.404 e. The molecular weight excluding hydrogens is 514 g/mol. The monoisotopic (exact) mass is 563 g/mol. The van der Waals surface area contributed by atoms with Crippen molar-refractivity contribution in [2.24, 2.45) is 23.5 Å². The Labute approximate surface area is 239 Å². The van der Waals surface area contributed by atoms with E-state index in [-0.39, 0.29) is 11.8 Å². The van der Waals surface area contributed by atoms with Crippen LogP contribution in [0.2, 0.25) is 0 Å². The lowest BCUT2D eigenvalue weighted by atomic mass is 9.89. The van der Waals surface area contributed by atoms with Crippen LogP contribution in [-0.2, 0) is 33.3 Å². The topological polar surface area (TPSA) is 131 Å². The second-order valence-corrected chi connectivity index (χ2v) is 11.0. The molecule has 0 radical (unpaired) electrons. The largest absolute Gasteiger partial charge is 0.462 e. The first-order valence-electron chi connectivity index (χ1n) is 14.3. The molecular formula is C31H49NO8. The minimum Gasteiger partial charge on any atom is -0.462 e. The van der Waals surface area contributed by atoms with Gasteiger partial charge in [0.05, 0.1) is 5.92 Å². The molecule has 1 aliphatic heterocycles. The Balaban J connectivity index is 3.34. The first-order chi connectivity index (χ1) is 18.8. The summed E-state index contributed by atoms with van der Waals surface area (Å²) in [6, 6.07) is 0. The summed E-state index contributed by atoms with van der Waals surface area (Å²) in [5.74, 6) is -1.89. The number of hydrogen-bond donors (Lipinski definition) is 1. The highest BCUT2D eigenvalue weighted by Crippen LogP contribution is 2.27. The Kier molecular flexibility index (Phi) is 16.0. The van der Waals surface area contributed by atoms with Crippen molar-refractivity contribution >= 4 is 24.0 Å². The highest BCUT2D eigenvalue weighted by atomic mass is 16.6. The Morgan fingerprint density at radius 3 is 2.10 bits per heavy atom. The van der Waals surface area contributed by atoms with Gasteiger partial charge in [-0.1, -0.05) is 43.7 Å². The summed E-state index contributed by atoms with van der Waals surface area (Å²) in [5, 5.41) is 0. The van der Waals surface area contributed by atoms with Gasteiger partial charge < -0.3 is 24.7 Å². The van der Waals surface area contributed by atoms with Crippen LogP contribution in [0.15, 0.2) is 36.0 Å². The van der Waals surface area contributed by atoms with Crippen LogP contribution in [-0.4, -0.2) is 48.4 Å². The average Bonchev–Trinajstić information content (AvgIpc) is 2.83. The minimum absolute atomic E-state index is 0.0250. The molecule has 7 atom stereocenters. The predicted molar refractivity (Wildman–Crippen MR) is 153 cm³/mol. The number of esters is 3. The highest BCUT2D eigenvalue weighted by Gasteiger charge is 2.33. The molecule has 9 heteroatoms. The lowest BCUT2D eigenvalue weighted by Crippen LogP contribution is -2.37. The number of amides is 1. The Bertz CT molecular complexity index is 924. The van der Waals surface area contributed by atoms with Crippen LogP contribution in [0, 0.1) is 17.8 Å². The number of nitrogens with two attached hydrogens (primary N) is 1. The van der Waals surface area contributed by atoms with E-state index in [0.717, 1.165) is 12.0 Å². The van der Waals surface area contributed by atoms with Crippen molar-refractivity contribution in [3.63, 3.8) is 0 Å². The standard InChI is InChI=1S/C31H49NO8/c1-8-12-20(2)17-26-18-21(3)13-10-9-11-14-27(37-24(6)33)28(40-31(32)36)16-15-22(4)19-29(38-25(7)34)23(5)30(35)39-26/h8-10,12,17,21-23,26-29H,11,13-16,18-19H2,1-7H3,(H2,32,36)/b10-9+,12-8+,20-17+. The number of hydrogen-bond acceptors (Lipinski definition) is 8. The molecule has 1 amide bonds. The Morgan fingerprint density at radius 1 is 0.875 bits per heavy atom. The van der Waals surface area contributed by atoms with Gasteiger partial charge in [-0.25, -0.2) is 4.79 Å². The SMILES string of the molecule is C/C=C/C(C)=C/C1CC(C)C/C=C/CCC(OC(C)=O)C(OC(N)=O)CCC(C)CC(OC(C)=O)C(C)C(=O)O1. The van der Waals surface area contributed by atoms with E-state index in [2.05, 4.69) is 13.0 Å². The average molecular weight is 564 g/mol. The van der Waals surface area contributed by atoms with Gasteiger partial charge in [-0.3, -0.25) is 14.4 Å². The van der Waals surface area contributed by atoms with Crippen LogP contribution in [0.1, 0.15) is 93.4 Å². The number of carbonyl (C=O) groups is 4. The van der Waals surface area contributed by atoms with Crippen molar-refractivity contribution in [3.05, 3.63) is 36.0 Å². The molecule has 2 N–H and O–H groups in total. The maximum atomic E-state index is 13.3. The fraction of sp³-hybridized carbons (Fsp3) is 0.677. The molecule has 9 nitrogen and oxygen atoms in total. The summed E-state index contributed by atoms with van der Waals surface area (Å²) in [6.07, 6.45) is 10.3. The molecule has 226 valence electrons. The van der Waals surface area contributed by atoms with Crippen molar-refractivity contribution in [1.29, 1.82) is 0 Å². The van der Waals surface area contributed by atoms with Crippen LogP contribution in [0.25, 0.3) is 0 Å². The number of carbonyl (C=O) groups excluding carboxylic acids is 4. The zero-order valence-electron chi connectivity index (χ0n) is 25.2. The van der Waals surface area contributed by atoms with Gasteiger partial charge in [-0.05, 0) is 83.6 Å². The summed E-state index contributed by atoms with van der Waals surface area (Å²) >= 11 is 0. The van der Waals surface area contributed by atoms with E-state index in [9.17, 15) is 19.2 Å². The van der Waals surface area contributed by atoms with Crippen molar-refractivity contribution < 1.29 is 38.1 Å². The molecule has 0 aliphatic carbocycles. The predicted octanol–water partition coefficient (Wildman–Crippen LogP) is 5.96. The van der Waals surface area contributed by atoms with Crippen LogP contribution >= 0.6 is 0 Å². The zero-order chi connectivity index (χ0) is 30.2. The van der Waals surface area contributed by atoms with Crippen molar-refractivity contribution in [2.45, 2.75) is 118 Å². The molecule has 0 aromatic carbocycles. The summed E-state index contributed by atoms with van der Waals surface area (Å²) in [7, 11) is 0. The summed E-state index contributed by atoms with van der Waals surface area (Å²) in [4.78, 5) is 48.7. The fourth-order valence-electron chi connectivity index (χ4n) is 4.90. The molecule has 40 heavy (non-hydrogen) atoms. The fourth-order valence-corrected chi connectivity index (χ4v) is 4.90. The van der Waals surface area contributed by atoms with Gasteiger partial charge in [0, 0.05) is 13.8 Å². The van der Waals surface area contributed by atoms with Crippen LogP contribution in [0.4, 0.5) is 4.79 Å². The zero-order valence-corrected chi connectivity index (χ0v) is 25.2. The van der Waals surface area contributed by atoms with E-state index in [1.165, 1.54) is 13.8 Å². The molecule has 1 heterocycles. The molecule has 0 bridgehead atoms. The van der Waals surface area contributed by atoms with Gasteiger partial charge in [0.2, 0.25) is 0 Å². The maximum Gasteiger partial charge on any atom is 0.404 e. The maximum absolute atomic E-state index is 13.3. The van der Waals surface area contributed by atoms with E-state index < -0.39 is 54.3 Å². The Morgan fingerprint density at radius 2 is 1.50 bits per heavy atom. The number of primary amides is 1. The number of rotatable bonds is 5. The highest BCUT2D eigenvalue weighted by molar-refractivity contribution is 5.74. The van der Waals surface area contributed by atoms with Crippen molar-refractivity contribution in [2.75, 3.05) is 0 Å². The van der Waals surface area contributed by atoms with E-state index >= 15 is 0 Å². The second-order valence-electron chi connectivity index (χ2n) is 11.0. The lowest BCUT2D eigenvalue weighted by molar-refractivity contribution is -0.163. The van der Waals surface area contributed by atoms with Gasteiger partial charge in [-0.2, -0.15) is 0 Å². The first kappa shape index (κ1) is 34.9. The molecule has 1 rings (SSSR count). The summed E-state index contributed by atoms with van der Waals surface area (Å²) in [5.41, 5.74) is 6.33. The molecule has 0 aromatic heterocycles. The second kappa shape index (κ2) is 18.3. The molecule has 0 fully saturated rings. The van der Waals surface area contributed by atoms with Crippen LogP contribution in [0.3, 0.4) is 0 Å². The van der Waals surface area contributed by atoms with Crippen molar-refractivity contribution in [1.82, 2.24) is 0 Å². The molecule has 0 saturated heterocycles. The van der Waals surface area contributed by atoms with Crippen LogP contribution < -0.4 is 5.73 Å². The molecule has 0 saturated carbocycles. The van der Waals surface area contributed by atoms with Gasteiger partial charge in [0.15, 0.2) is 0 Å². The molecule has 7 unspecified atom stereocenters. The van der Waals surface area contributed by atoms with E-state index in [0.29, 0.717) is 38.5 Å². The number of ether oxygens (including phenoxy) is 4. The van der Waals surface area contributed by atoms with Gasteiger partial charge in [0.25, 0.3) is 0 Å². The lowest BCUT2D eigenvalue weighted by Gasteiger charge is -2.29. The van der Waals surface area contributed by atoms with E-state index in [4.69, 9.17) is 24.7 Å². The molecule has 1 aliphatic rings. The number of cyclic esters (lactones) is 1. The van der Waals surface area contributed by atoms with E-state index in [1.54, 1.807) is 6.92 Å². The molecule has 0 aromatic rings.